The van der Waals surface area contributed by atoms with Gasteiger partial charge in [0.05, 0.1) is 6.04 Å². The van der Waals surface area contributed by atoms with Crippen LogP contribution in [0.1, 0.15) is 42.7 Å². The van der Waals surface area contributed by atoms with Crippen molar-refractivity contribution in [2.75, 3.05) is 0 Å². The van der Waals surface area contributed by atoms with Crippen molar-refractivity contribution >= 4 is 36.1 Å². The summed E-state index contributed by atoms with van der Waals surface area (Å²) < 4.78 is 20.8. The fourth-order valence-corrected chi connectivity index (χ4v) is 6.82. The zero-order valence-electron chi connectivity index (χ0n) is 16.8. The molecule has 29 heavy (non-hydrogen) atoms. The molecule has 4 nitrogen and oxygen atoms in total. The van der Waals surface area contributed by atoms with Crippen LogP contribution in [-0.4, -0.2) is 31.1 Å². The molecule has 2 amide bonds. The van der Waals surface area contributed by atoms with Gasteiger partial charge in [0.2, 0.25) is 0 Å². The molecule has 0 bridgehead atoms. The molecule has 1 heterocycles. The van der Waals surface area contributed by atoms with E-state index in [-0.39, 0.29) is 17.6 Å². The number of rotatable bonds is 7. The molecule has 7 heteroatoms. The van der Waals surface area contributed by atoms with Gasteiger partial charge in [-0.25, -0.2) is 4.39 Å². The van der Waals surface area contributed by atoms with Gasteiger partial charge in [-0.05, 0) is 60.1 Å². The van der Waals surface area contributed by atoms with E-state index < -0.39 is 20.5 Å². The highest BCUT2D eigenvalue weighted by Crippen LogP contribution is 2.41. The number of hydrogen-bond acceptors (Lipinski definition) is 3. The van der Waals surface area contributed by atoms with Crippen molar-refractivity contribution in [3.63, 3.8) is 0 Å². The molecule has 0 aromatic heterocycles. The molecule has 0 aliphatic carbocycles. The molecule has 154 valence electrons. The maximum absolute atomic E-state index is 13.5. The average Bonchev–Trinajstić information content (AvgIpc) is 2.74. The van der Waals surface area contributed by atoms with Crippen LogP contribution in [0.4, 0.5) is 4.39 Å². The standard InChI is InChI=1S/C22H25BrFNO3Si/c1-4-29(5-2,6-3)28-20-19(15-9-13-18(24)14-10-15)25(22(20)27)21(26)16-7-11-17(23)12-8-16/h7-14,19-20H,4-6H2,1-3H3. The lowest BCUT2D eigenvalue weighted by molar-refractivity contribution is -0.158. The molecule has 2 aromatic carbocycles. The first-order valence-electron chi connectivity index (χ1n) is 9.92. The smallest absolute Gasteiger partial charge is 0.261 e. The maximum Gasteiger partial charge on any atom is 0.261 e. The summed E-state index contributed by atoms with van der Waals surface area (Å²) in [4.78, 5) is 27.4. The highest BCUT2D eigenvalue weighted by Gasteiger charge is 2.54. The van der Waals surface area contributed by atoms with Crippen molar-refractivity contribution in [3.8, 4) is 0 Å². The average molecular weight is 478 g/mol. The number of halogens is 2. The molecule has 1 fully saturated rings. The molecule has 2 aromatic rings. The van der Waals surface area contributed by atoms with Crippen LogP contribution in [0.25, 0.3) is 0 Å². The van der Waals surface area contributed by atoms with Crippen molar-refractivity contribution in [2.45, 2.75) is 51.0 Å². The fourth-order valence-electron chi connectivity index (χ4n) is 3.79. The minimum Gasteiger partial charge on any atom is -0.403 e. The Hall–Kier alpha value is -1.83. The Bertz CT molecular complexity index is 876. The van der Waals surface area contributed by atoms with Crippen molar-refractivity contribution in [1.82, 2.24) is 4.90 Å². The summed E-state index contributed by atoms with van der Waals surface area (Å²) in [5.74, 6) is -1.05. The molecule has 2 unspecified atom stereocenters. The summed E-state index contributed by atoms with van der Waals surface area (Å²) in [6.07, 6.45) is -0.702. The van der Waals surface area contributed by atoms with Crippen LogP contribution < -0.4 is 0 Å². The monoisotopic (exact) mass is 477 g/mol. The predicted molar refractivity (Wildman–Crippen MR) is 117 cm³/mol. The Morgan fingerprint density at radius 2 is 1.59 bits per heavy atom. The van der Waals surface area contributed by atoms with Crippen LogP contribution in [0.2, 0.25) is 18.1 Å². The molecule has 1 aliphatic heterocycles. The van der Waals surface area contributed by atoms with E-state index in [0.717, 1.165) is 22.6 Å². The quantitative estimate of drug-likeness (QED) is 0.291. The number of likely N-dealkylation sites (tertiary alicyclic amines) is 1. The van der Waals surface area contributed by atoms with Gasteiger partial charge < -0.3 is 4.43 Å². The maximum atomic E-state index is 13.5. The highest BCUT2D eigenvalue weighted by atomic mass is 79.9. The van der Waals surface area contributed by atoms with Crippen LogP contribution in [0.15, 0.2) is 53.0 Å². The third-order valence-electron chi connectivity index (χ3n) is 5.88. The molecular formula is C22H25BrFNO3Si. The van der Waals surface area contributed by atoms with Crippen LogP contribution in [0.5, 0.6) is 0 Å². The number of carbonyl (C=O) groups is 2. The van der Waals surface area contributed by atoms with Gasteiger partial charge in [-0.1, -0.05) is 48.8 Å². The lowest BCUT2D eigenvalue weighted by Gasteiger charge is -2.48. The molecule has 1 aliphatic rings. The number of amides is 2. The Morgan fingerprint density at radius 3 is 2.10 bits per heavy atom. The first-order chi connectivity index (χ1) is 13.9. The number of benzene rings is 2. The van der Waals surface area contributed by atoms with Gasteiger partial charge in [0.25, 0.3) is 11.8 Å². The van der Waals surface area contributed by atoms with Crippen molar-refractivity contribution in [2.24, 2.45) is 0 Å². The van der Waals surface area contributed by atoms with Crippen LogP contribution in [0.3, 0.4) is 0 Å². The second-order valence-electron chi connectivity index (χ2n) is 7.30. The first kappa shape index (κ1) is 21.9. The van der Waals surface area contributed by atoms with E-state index in [1.54, 1.807) is 36.4 Å². The van der Waals surface area contributed by atoms with Crippen molar-refractivity contribution in [3.05, 3.63) is 69.9 Å². The van der Waals surface area contributed by atoms with E-state index in [1.165, 1.54) is 17.0 Å². The second kappa shape index (κ2) is 8.89. The zero-order valence-corrected chi connectivity index (χ0v) is 19.4. The number of carbonyl (C=O) groups excluding carboxylic acids is 2. The third kappa shape index (κ3) is 4.22. The van der Waals surface area contributed by atoms with Crippen molar-refractivity contribution < 1.29 is 18.4 Å². The number of imide groups is 1. The molecule has 3 rings (SSSR count). The van der Waals surface area contributed by atoms with E-state index >= 15 is 0 Å². The van der Waals surface area contributed by atoms with Crippen LogP contribution >= 0.6 is 15.9 Å². The van der Waals surface area contributed by atoms with E-state index in [2.05, 4.69) is 36.7 Å². The van der Waals surface area contributed by atoms with E-state index in [4.69, 9.17) is 4.43 Å². The zero-order chi connectivity index (χ0) is 21.2. The molecule has 2 atom stereocenters. The Kier molecular flexibility index (Phi) is 6.71. The lowest BCUT2D eigenvalue weighted by atomic mass is 9.90. The molecule has 0 saturated carbocycles. The Labute approximate surface area is 180 Å². The van der Waals surface area contributed by atoms with Crippen LogP contribution in [-0.2, 0) is 9.22 Å². The normalized spacial score (nSPS) is 19.2. The summed E-state index contributed by atoms with van der Waals surface area (Å²) in [7, 11) is -2.07. The van der Waals surface area contributed by atoms with Crippen molar-refractivity contribution in [1.29, 1.82) is 0 Å². The van der Waals surface area contributed by atoms with E-state index in [1.807, 2.05) is 0 Å². The van der Waals surface area contributed by atoms with Gasteiger partial charge in [-0.15, -0.1) is 0 Å². The first-order valence-corrected chi connectivity index (χ1v) is 13.2. The summed E-state index contributed by atoms with van der Waals surface area (Å²) >= 11 is 3.35. The third-order valence-corrected chi connectivity index (χ3v) is 11.0. The molecule has 0 spiro atoms. The summed E-state index contributed by atoms with van der Waals surface area (Å²) in [6, 6.07) is 15.0. The Morgan fingerprint density at radius 1 is 1.03 bits per heavy atom. The summed E-state index contributed by atoms with van der Waals surface area (Å²) in [6.45, 7) is 6.29. The summed E-state index contributed by atoms with van der Waals surface area (Å²) in [5, 5.41) is 0. The largest absolute Gasteiger partial charge is 0.403 e. The number of β-lactam (4-membered cyclic amide) rings is 1. The van der Waals surface area contributed by atoms with Gasteiger partial charge in [0.15, 0.2) is 14.4 Å². The molecule has 0 radical (unpaired) electrons. The lowest BCUT2D eigenvalue weighted by Crippen LogP contribution is -2.64. The number of nitrogens with zero attached hydrogens (tertiary/aromatic N) is 1. The topological polar surface area (TPSA) is 46.6 Å². The summed E-state index contributed by atoms with van der Waals surface area (Å²) in [5.41, 5.74) is 1.13. The van der Waals surface area contributed by atoms with Gasteiger partial charge in [0, 0.05) is 10.0 Å². The highest BCUT2D eigenvalue weighted by molar-refractivity contribution is 9.10. The van der Waals surface area contributed by atoms with E-state index in [9.17, 15) is 14.0 Å². The van der Waals surface area contributed by atoms with E-state index in [0.29, 0.717) is 11.1 Å². The second-order valence-corrected chi connectivity index (χ2v) is 12.9. The minimum atomic E-state index is -2.07. The SMILES string of the molecule is CC[Si](CC)(CC)OC1C(=O)N(C(=O)c2ccc(Br)cc2)C1c1ccc(F)cc1. The molecule has 1 saturated heterocycles. The molecular weight excluding hydrogens is 453 g/mol. The Balaban J connectivity index is 1.95. The minimum absolute atomic E-state index is 0.320. The fraction of sp³-hybridized carbons (Fsp3) is 0.364. The van der Waals surface area contributed by atoms with Gasteiger partial charge in [-0.3, -0.25) is 14.5 Å². The predicted octanol–water partition coefficient (Wildman–Crippen LogP) is 5.70. The van der Waals surface area contributed by atoms with Crippen LogP contribution in [0, 0.1) is 5.82 Å². The van der Waals surface area contributed by atoms with Gasteiger partial charge in [-0.2, -0.15) is 0 Å². The molecule has 0 N–H and O–H groups in total. The van der Waals surface area contributed by atoms with Gasteiger partial charge in [0.1, 0.15) is 5.82 Å². The van der Waals surface area contributed by atoms with Gasteiger partial charge >= 0.3 is 0 Å². The number of hydrogen-bond donors (Lipinski definition) is 0.